The van der Waals surface area contributed by atoms with Gasteiger partial charge in [0.05, 0.1) is 0 Å². The maximum atomic E-state index is 13.4. The van der Waals surface area contributed by atoms with E-state index in [0.717, 1.165) is 49.2 Å². The number of benzene rings is 1. The molecule has 0 spiro atoms. The highest BCUT2D eigenvalue weighted by Gasteiger charge is 2.34. The Morgan fingerprint density at radius 1 is 1.17 bits per heavy atom. The molecule has 7 heteroatoms. The summed E-state index contributed by atoms with van der Waals surface area (Å²) in [4.78, 5) is 28.4. The molecule has 1 aliphatic rings. The molecule has 1 fully saturated rings. The molecule has 0 saturated heterocycles. The van der Waals surface area contributed by atoms with Crippen LogP contribution >= 0.6 is 11.5 Å². The second kappa shape index (κ2) is 10.5. The molecule has 1 N–H and O–H groups in total. The molecule has 1 heterocycles. The summed E-state index contributed by atoms with van der Waals surface area (Å²) in [6.45, 7) is 4.73. The predicted molar refractivity (Wildman–Crippen MR) is 115 cm³/mol. The number of hydrogen-bond donors (Lipinski definition) is 1. The summed E-state index contributed by atoms with van der Waals surface area (Å²) in [5.74, 6) is 0.0622. The van der Waals surface area contributed by atoms with Gasteiger partial charge in [0.25, 0.3) is 5.91 Å². The first kappa shape index (κ1) is 21.4. The fourth-order valence-corrected chi connectivity index (χ4v) is 4.22. The van der Waals surface area contributed by atoms with E-state index < -0.39 is 6.04 Å². The third-order valence-electron chi connectivity index (χ3n) is 5.41. The molecule has 3 rings (SSSR count). The Labute approximate surface area is 176 Å². The van der Waals surface area contributed by atoms with Gasteiger partial charge in [-0.15, -0.1) is 5.10 Å². The fraction of sp³-hybridized carbons (Fsp3) is 0.545. The van der Waals surface area contributed by atoms with Crippen LogP contribution in [-0.4, -0.2) is 38.9 Å². The summed E-state index contributed by atoms with van der Waals surface area (Å²) in [6.07, 6.45) is 6.32. The molecule has 1 aliphatic carbocycles. The number of nitrogens with one attached hydrogen (secondary N) is 1. The molecule has 1 aromatic heterocycles. The van der Waals surface area contributed by atoms with E-state index in [1.807, 2.05) is 30.3 Å². The number of carbonyl (C=O) groups excluding carboxylic acids is 2. The lowest BCUT2D eigenvalue weighted by molar-refractivity contribution is -0.127. The standard InChI is InChI=1S/C22H30N4O2S/c1-16(2)13-14-26(22(28)19-15-29-25-24-19)20(17-9-5-3-6-10-17)21(27)23-18-11-7-4-8-12-18/h3,5-6,9-10,15-16,18,20H,4,7-8,11-14H2,1-2H3,(H,23,27). The molecule has 2 aromatic rings. The van der Waals surface area contributed by atoms with E-state index in [0.29, 0.717) is 18.2 Å². The van der Waals surface area contributed by atoms with Crippen LogP contribution < -0.4 is 5.32 Å². The van der Waals surface area contributed by atoms with E-state index in [9.17, 15) is 9.59 Å². The third-order valence-corrected chi connectivity index (χ3v) is 5.92. The lowest BCUT2D eigenvalue weighted by Crippen LogP contribution is -2.47. The average Bonchev–Trinajstić information content (AvgIpc) is 3.26. The zero-order chi connectivity index (χ0) is 20.6. The van der Waals surface area contributed by atoms with Gasteiger partial charge in [0.1, 0.15) is 6.04 Å². The zero-order valence-corrected chi connectivity index (χ0v) is 18.0. The van der Waals surface area contributed by atoms with Crippen molar-refractivity contribution in [2.24, 2.45) is 5.92 Å². The van der Waals surface area contributed by atoms with Crippen LogP contribution in [0.25, 0.3) is 0 Å². The first-order valence-corrected chi connectivity index (χ1v) is 11.3. The minimum absolute atomic E-state index is 0.108. The molecular formula is C22H30N4O2S. The van der Waals surface area contributed by atoms with E-state index in [2.05, 4.69) is 28.8 Å². The zero-order valence-electron chi connectivity index (χ0n) is 17.2. The monoisotopic (exact) mass is 414 g/mol. The molecule has 2 amide bonds. The van der Waals surface area contributed by atoms with Crippen molar-refractivity contribution >= 4 is 23.3 Å². The van der Waals surface area contributed by atoms with Gasteiger partial charge in [-0.1, -0.05) is 67.9 Å². The Kier molecular flexibility index (Phi) is 7.75. The molecule has 0 radical (unpaired) electrons. The number of aromatic nitrogens is 2. The number of amides is 2. The quantitative estimate of drug-likeness (QED) is 0.702. The molecule has 1 aromatic carbocycles. The molecule has 0 aliphatic heterocycles. The predicted octanol–water partition coefficient (Wildman–Crippen LogP) is 4.22. The maximum absolute atomic E-state index is 13.4. The first-order chi connectivity index (χ1) is 14.1. The van der Waals surface area contributed by atoms with Crippen LogP contribution in [0.1, 0.15) is 74.5 Å². The fourth-order valence-electron chi connectivity index (χ4n) is 3.79. The van der Waals surface area contributed by atoms with Crippen molar-refractivity contribution in [1.29, 1.82) is 0 Å². The SMILES string of the molecule is CC(C)CCN(C(=O)c1csnn1)C(C(=O)NC1CCCCC1)c1ccccc1. The van der Waals surface area contributed by atoms with E-state index in [1.165, 1.54) is 6.42 Å². The van der Waals surface area contributed by atoms with Gasteiger partial charge in [0.15, 0.2) is 5.69 Å². The highest BCUT2D eigenvalue weighted by atomic mass is 32.1. The van der Waals surface area contributed by atoms with E-state index >= 15 is 0 Å². The Balaban J connectivity index is 1.90. The normalized spacial score (nSPS) is 15.8. The van der Waals surface area contributed by atoms with Gasteiger partial charge in [-0.05, 0) is 42.3 Å². The minimum Gasteiger partial charge on any atom is -0.351 e. The largest absolute Gasteiger partial charge is 0.351 e. The van der Waals surface area contributed by atoms with Crippen LogP contribution in [0.2, 0.25) is 0 Å². The van der Waals surface area contributed by atoms with Crippen molar-refractivity contribution in [3.05, 3.63) is 47.0 Å². The van der Waals surface area contributed by atoms with E-state index in [1.54, 1.807) is 10.3 Å². The van der Waals surface area contributed by atoms with Gasteiger partial charge >= 0.3 is 0 Å². The van der Waals surface area contributed by atoms with Crippen molar-refractivity contribution in [3.8, 4) is 0 Å². The summed E-state index contributed by atoms with van der Waals surface area (Å²) in [7, 11) is 0. The smallest absolute Gasteiger partial charge is 0.276 e. The van der Waals surface area contributed by atoms with Crippen LogP contribution in [-0.2, 0) is 4.79 Å². The van der Waals surface area contributed by atoms with E-state index in [4.69, 9.17) is 0 Å². The molecular weight excluding hydrogens is 384 g/mol. The second-order valence-corrected chi connectivity index (χ2v) is 8.74. The molecule has 1 saturated carbocycles. The molecule has 1 atom stereocenters. The Bertz CT molecular complexity index is 773. The molecule has 1 unspecified atom stereocenters. The number of nitrogens with zero attached hydrogens (tertiary/aromatic N) is 3. The van der Waals surface area contributed by atoms with Crippen LogP contribution in [0.3, 0.4) is 0 Å². The van der Waals surface area contributed by atoms with E-state index in [-0.39, 0.29) is 17.9 Å². The Morgan fingerprint density at radius 3 is 2.52 bits per heavy atom. The molecule has 6 nitrogen and oxygen atoms in total. The minimum atomic E-state index is -0.675. The topological polar surface area (TPSA) is 75.2 Å². The number of rotatable bonds is 8. The van der Waals surface area contributed by atoms with Gasteiger partial charge in [0.2, 0.25) is 5.91 Å². The Hall–Kier alpha value is -2.28. The van der Waals surface area contributed by atoms with Crippen LogP contribution in [0.5, 0.6) is 0 Å². The van der Waals surface area contributed by atoms with Crippen molar-refractivity contribution in [3.63, 3.8) is 0 Å². The maximum Gasteiger partial charge on any atom is 0.276 e. The number of hydrogen-bond acceptors (Lipinski definition) is 5. The molecule has 156 valence electrons. The van der Waals surface area contributed by atoms with Crippen molar-refractivity contribution in [1.82, 2.24) is 19.8 Å². The van der Waals surface area contributed by atoms with Gasteiger partial charge in [0, 0.05) is 18.0 Å². The summed E-state index contributed by atoms with van der Waals surface area (Å²) in [5.41, 5.74) is 1.12. The number of carbonyl (C=O) groups is 2. The first-order valence-electron chi connectivity index (χ1n) is 10.5. The van der Waals surface area contributed by atoms with Crippen molar-refractivity contribution in [2.75, 3.05) is 6.54 Å². The van der Waals surface area contributed by atoms with Crippen molar-refractivity contribution < 1.29 is 9.59 Å². The molecule has 29 heavy (non-hydrogen) atoms. The second-order valence-electron chi connectivity index (χ2n) is 8.13. The summed E-state index contributed by atoms with van der Waals surface area (Å²) in [6, 6.07) is 9.08. The lowest BCUT2D eigenvalue weighted by atomic mass is 9.94. The highest BCUT2D eigenvalue weighted by molar-refractivity contribution is 7.03. The van der Waals surface area contributed by atoms with Gasteiger partial charge in [-0.2, -0.15) is 0 Å². The summed E-state index contributed by atoms with van der Waals surface area (Å²) in [5, 5.41) is 8.82. The lowest BCUT2D eigenvalue weighted by Gasteiger charge is -2.33. The van der Waals surface area contributed by atoms with Crippen LogP contribution in [0, 0.1) is 5.92 Å². The van der Waals surface area contributed by atoms with Gasteiger partial charge in [-0.3, -0.25) is 9.59 Å². The average molecular weight is 415 g/mol. The van der Waals surface area contributed by atoms with Crippen LogP contribution in [0.4, 0.5) is 0 Å². The third kappa shape index (κ3) is 5.85. The Morgan fingerprint density at radius 2 is 1.90 bits per heavy atom. The highest BCUT2D eigenvalue weighted by Crippen LogP contribution is 2.26. The van der Waals surface area contributed by atoms with Gasteiger partial charge < -0.3 is 10.2 Å². The van der Waals surface area contributed by atoms with Crippen LogP contribution in [0.15, 0.2) is 35.7 Å². The van der Waals surface area contributed by atoms with Gasteiger partial charge in [-0.25, -0.2) is 0 Å². The summed E-state index contributed by atoms with van der Waals surface area (Å²) >= 11 is 1.14. The molecule has 0 bridgehead atoms. The summed E-state index contributed by atoms with van der Waals surface area (Å²) < 4.78 is 3.84. The van der Waals surface area contributed by atoms with Crippen molar-refractivity contribution in [2.45, 2.75) is 64.5 Å².